The summed E-state index contributed by atoms with van der Waals surface area (Å²) in [6, 6.07) is 11.4. The van der Waals surface area contributed by atoms with Crippen LogP contribution in [0.15, 0.2) is 63.4 Å². The number of hydrogen-bond acceptors (Lipinski definition) is 5. The van der Waals surface area contributed by atoms with Crippen molar-refractivity contribution in [1.29, 1.82) is 0 Å². The van der Waals surface area contributed by atoms with Crippen LogP contribution >= 0.6 is 11.8 Å². The maximum absolute atomic E-state index is 11.7. The number of hydrogen-bond donors (Lipinski definition) is 2. The molecule has 0 fully saturated rings. The van der Waals surface area contributed by atoms with Crippen LogP contribution in [0.5, 0.6) is 0 Å². The third-order valence-corrected chi connectivity index (χ3v) is 3.73. The van der Waals surface area contributed by atoms with Crippen molar-refractivity contribution in [3.05, 3.63) is 54.5 Å². The Labute approximate surface area is 136 Å². The van der Waals surface area contributed by atoms with Gasteiger partial charge in [0.1, 0.15) is 5.76 Å². The second-order valence-electron chi connectivity index (χ2n) is 4.54. The molecule has 0 aliphatic carbocycles. The summed E-state index contributed by atoms with van der Waals surface area (Å²) in [7, 11) is 0. The number of carbonyl (C=O) groups is 1. The number of H-pyrrole nitrogens is 1. The normalized spacial score (nSPS) is 11.7. The zero-order valence-electron chi connectivity index (χ0n) is 12.1. The highest BCUT2D eigenvalue weighted by Crippen LogP contribution is 2.18. The van der Waals surface area contributed by atoms with Gasteiger partial charge in [0.15, 0.2) is 5.16 Å². The van der Waals surface area contributed by atoms with Crippen molar-refractivity contribution in [3.8, 4) is 0 Å². The molecule has 3 rings (SSSR count). The molecule has 0 unspecified atom stereocenters. The molecule has 0 aliphatic rings. The predicted octanol–water partition coefficient (Wildman–Crippen LogP) is 3.06. The second-order valence-corrected chi connectivity index (χ2v) is 5.50. The molecule has 0 saturated carbocycles. The number of furan rings is 1. The van der Waals surface area contributed by atoms with Crippen LogP contribution in [0.2, 0.25) is 0 Å². The van der Waals surface area contributed by atoms with Gasteiger partial charge in [0, 0.05) is 6.21 Å². The number of aromatic amines is 1. The smallest absolute Gasteiger partial charge is 0.250 e. The Morgan fingerprint density at radius 2 is 2.26 bits per heavy atom. The molecule has 1 aromatic carbocycles. The topological polar surface area (TPSA) is 83.3 Å². The van der Waals surface area contributed by atoms with Crippen LogP contribution in [0, 0.1) is 0 Å². The number of benzene rings is 1. The number of nitrogens with zero attached hydrogens (tertiary/aromatic N) is 2. The van der Waals surface area contributed by atoms with Crippen molar-refractivity contribution in [2.24, 2.45) is 5.10 Å². The summed E-state index contributed by atoms with van der Waals surface area (Å²) in [6.45, 7) is 0. The molecular formula is C16H14N4O2S. The lowest BCUT2D eigenvalue weighted by Crippen LogP contribution is -2.19. The molecule has 0 saturated heterocycles. The third kappa shape index (κ3) is 4.33. The van der Waals surface area contributed by atoms with Gasteiger partial charge < -0.3 is 9.40 Å². The van der Waals surface area contributed by atoms with Gasteiger partial charge >= 0.3 is 0 Å². The molecule has 23 heavy (non-hydrogen) atoms. The summed E-state index contributed by atoms with van der Waals surface area (Å²) in [5.41, 5.74) is 4.29. The van der Waals surface area contributed by atoms with Crippen LogP contribution in [-0.4, -0.2) is 27.8 Å². The SMILES string of the molecule is O=C(CSc1nc2ccccc2[nH]1)N/N=C\C=C\c1ccco1. The summed E-state index contributed by atoms with van der Waals surface area (Å²) in [5.74, 6) is 0.764. The van der Waals surface area contributed by atoms with Gasteiger partial charge in [-0.1, -0.05) is 23.9 Å². The molecule has 0 atom stereocenters. The first-order valence-corrected chi connectivity index (χ1v) is 7.89. The van der Waals surface area contributed by atoms with Crippen LogP contribution in [0.25, 0.3) is 17.1 Å². The van der Waals surface area contributed by atoms with Gasteiger partial charge in [-0.05, 0) is 36.4 Å². The Morgan fingerprint density at radius 3 is 3.09 bits per heavy atom. The first kappa shape index (κ1) is 15.1. The van der Waals surface area contributed by atoms with E-state index in [1.807, 2.05) is 30.3 Å². The van der Waals surface area contributed by atoms with E-state index < -0.39 is 0 Å². The number of thioether (sulfide) groups is 1. The number of rotatable bonds is 6. The van der Waals surface area contributed by atoms with E-state index in [-0.39, 0.29) is 11.7 Å². The zero-order valence-corrected chi connectivity index (χ0v) is 12.9. The maximum atomic E-state index is 11.7. The highest BCUT2D eigenvalue weighted by atomic mass is 32.2. The highest BCUT2D eigenvalue weighted by Gasteiger charge is 2.05. The van der Waals surface area contributed by atoms with E-state index in [1.165, 1.54) is 18.0 Å². The van der Waals surface area contributed by atoms with Crippen LogP contribution in [0.3, 0.4) is 0 Å². The molecule has 2 aromatic heterocycles. The fraction of sp³-hybridized carbons (Fsp3) is 0.0625. The summed E-state index contributed by atoms with van der Waals surface area (Å²) in [6.07, 6.45) is 6.52. The molecule has 116 valence electrons. The van der Waals surface area contributed by atoms with Crippen molar-refractivity contribution >= 4 is 41.0 Å². The molecule has 0 radical (unpaired) electrons. The van der Waals surface area contributed by atoms with Crippen LogP contribution in [0.4, 0.5) is 0 Å². The van der Waals surface area contributed by atoms with Crippen LogP contribution in [0.1, 0.15) is 5.76 Å². The Morgan fingerprint density at radius 1 is 1.35 bits per heavy atom. The monoisotopic (exact) mass is 326 g/mol. The fourth-order valence-electron chi connectivity index (χ4n) is 1.84. The average molecular weight is 326 g/mol. The van der Waals surface area contributed by atoms with E-state index >= 15 is 0 Å². The first-order valence-electron chi connectivity index (χ1n) is 6.91. The number of aromatic nitrogens is 2. The number of amides is 1. The molecule has 2 N–H and O–H groups in total. The standard InChI is InChI=1S/C16H14N4O2S/c21-15(20-17-9-3-5-12-6-4-10-22-12)11-23-16-18-13-7-1-2-8-14(13)19-16/h1-10H,11H2,(H,18,19)(H,20,21)/b5-3+,17-9-. The van der Waals surface area contributed by atoms with Crippen molar-refractivity contribution in [3.63, 3.8) is 0 Å². The molecular weight excluding hydrogens is 312 g/mol. The Balaban J connectivity index is 1.44. The number of imidazole rings is 1. The predicted molar refractivity (Wildman–Crippen MR) is 91.2 cm³/mol. The number of allylic oxidation sites excluding steroid dienone is 1. The fourth-order valence-corrected chi connectivity index (χ4v) is 2.52. The number of hydrazone groups is 1. The minimum atomic E-state index is -0.196. The van der Waals surface area contributed by atoms with Crippen LogP contribution < -0.4 is 5.43 Å². The Hall–Kier alpha value is -2.80. The molecule has 3 aromatic rings. The third-order valence-electron chi connectivity index (χ3n) is 2.86. The number of para-hydroxylation sites is 2. The summed E-state index contributed by atoms with van der Waals surface area (Å²) in [4.78, 5) is 19.2. The highest BCUT2D eigenvalue weighted by molar-refractivity contribution is 7.99. The van der Waals surface area contributed by atoms with E-state index in [0.29, 0.717) is 5.16 Å². The van der Waals surface area contributed by atoms with Crippen LogP contribution in [-0.2, 0) is 4.79 Å². The van der Waals surface area contributed by atoms with Gasteiger partial charge in [0.25, 0.3) is 5.91 Å². The lowest BCUT2D eigenvalue weighted by molar-refractivity contribution is -0.118. The van der Waals surface area contributed by atoms with E-state index in [0.717, 1.165) is 16.8 Å². The summed E-state index contributed by atoms with van der Waals surface area (Å²) >= 11 is 1.33. The minimum Gasteiger partial charge on any atom is -0.465 e. The quantitative estimate of drug-likeness (QED) is 0.414. The van der Waals surface area contributed by atoms with Crippen molar-refractivity contribution in [2.75, 3.05) is 5.75 Å². The Bertz CT molecular complexity index is 804. The van der Waals surface area contributed by atoms with E-state index in [1.54, 1.807) is 24.5 Å². The van der Waals surface area contributed by atoms with E-state index in [4.69, 9.17) is 4.42 Å². The Kier molecular flexibility index (Phi) is 4.90. The van der Waals surface area contributed by atoms with E-state index in [2.05, 4.69) is 20.5 Å². The molecule has 0 aliphatic heterocycles. The maximum Gasteiger partial charge on any atom is 0.250 e. The molecule has 2 heterocycles. The van der Waals surface area contributed by atoms with Gasteiger partial charge in [0.05, 0.1) is 23.0 Å². The molecule has 7 heteroatoms. The minimum absolute atomic E-state index is 0.196. The summed E-state index contributed by atoms with van der Waals surface area (Å²) in [5, 5.41) is 4.54. The van der Waals surface area contributed by atoms with Crippen molar-refractivity contribution in [2.45, 2.75) is 5.16 Å². The van der Waals surface area contributed by atoms with Gasteiger partial charge in [-0.3, -0.25) is 4.79 Å². The largest absolute Gasteiger partial charge is 0.465 e. The lowest BCUT2D eigenvalue weighted by Gasteiger charge is -1.96. The van der Waals surface area contributed by atoms with Gasteiger partial charge in [0.2, 0.25) is 0 Å². The molecule has 6 nitrogen and oxygen atoms in total. The van der Waals surface area contributed by atoms with Gasteiger partial charge in [-0.2, -0.15) is 5.10 Å². The lowest BCUT2D eigenvalue weighted by atomic mass is 10.3. The van der Waals surface area contributed by atoms with Crippen molar-refractivity contribution < 1.29 is 9.21 Å². The molecule has 1 amide bonds. The number of fused-ring (bicyclic) bond motifs is 1. The zero-order chi connectivity index (χ0) is 15.9. The molecule has 0 spiro atoms. The summed E-state index contributed by atoms with van der Waals surface area (Å²) < 4.78 is 5.12. The average Bonchev–Trinajstić information content (AvgIpc) is 3.21. The number of nitrogens with one attached hydrogen (secondary N) is 2. The van der Waals surface area contributed by atoms with Gasteiger partial charge in [-0.25, -0.2) is 10.4 Å². The first-order chi connectivity index (χ1) is 11.3. The second kappa shape index (κ2) is 7.46. The molecule has 0 bridgehead atoms. The van der Waals surface area contributed by atoms with E-state index in [9.17, 15) is 4.79 Å². The van der Waals surface area contributed by atoms with Gasteiger partial charge in [-0.15, -0.1) is 0 Å². The number of carbonyl (C=O) groups excluding carboxylic acids is 1. The van der Waals surface area contributed by atoms with Crippen molar-refractivity contribution in [1.82, 2.24) is 15.4 Å².